The van der Waals surface area contributed by atoms with Crippen LogP contribution in [0.5, 0.6) is 23.0 Å². The van der Waals surface area contributed by atoms with Crippen LogP contribution in [-0.2, 0) is 0 Å². The Morgan fingerprint density at radius 3 is 1.10 bits per heavy atom. The van der Waals surface area contributed by atoms with Gasteiger partial charge in [0.15, 0.2) is 0 Å². The third-order valence-corrected chi connectivity index (χ3v) is 8.51. The first-order valence-electron chi connectivity index (χ1n) is 17.0. The van der Waals surface area contributed by atoms with E-state index in [1.165, 1.54) is 11.4 Å². The molecule has 0 amide bonds. The van der Waals surface area contributed by atoms with Gasteiger partial charge in [-0.1, -0.05) is 48.6 Å². The molecule has 50 heavy (non-hydrogen) atoms. The van der Waals surface area contributed by atoms with Crippen LogP contribution in [0.25, 0.3) is 24.3 Å². The summed E-state index contributed by atoms with van der Waals surface area (Å²) >= 11 is 0. The Kier molecular flexibility index (Phi) is 13.9. The Morgan fingerprint density at radius 2 is 0.800 bits per heavy atom. The number of hydrogen-bond acceptors (Lipinski definition) is 6. The Morgan fingerprint density at radius 1 is 0.460 bits per heavy atom. The first-order valence-corrected chi connectivity index (χ1v) is 17.0. The summed E-state index contributed by atoms with van der Waals surface area (Å²) in [6.45, 7) is 12.6. The highest BCUT2D eigenvalue weighted by atomic mass is 16.5. The fourth-order valence-electron chi connectivity index (χ4n) is 5.64. The molecule has 0 bridgehead atoms. The number of methoxy groups -OCH3 is 4. The molecule has 0 unspecified atom stereocenters. The molecule has 0 saturated carbocycles. The molecule has 0 radical (unpaired) electrons. The van der Waals surface area contributed by atoms with Gasteiger partial charge in [0.25, 0.3) is 0 Å². The lowest BCUT2D eigenvalue weighted by Gasteiger charge is -2.20. The van der Waals surface area contributed by atoms with Gasteiger partial charge in [-0.05, 0) is 98.9 Å². The molecule has 0 aromatic heterocycles. The van der Waals surface area contributed by atoms with E-state index in [4.69, 9.17) is 18.9 Å². The van der Waals surface area contributed by atoms with E-state index in [2.05, 4.69) is 122 Å². The van der Waals surface area contributed by atoms with Gasteiger partial charge in [0.05, 0.1) is 39.6 Å². The first-order chi connectivity index (χ1) is 24.4. The minimum atomic E-state index is 0.634. The summed E-state index contributed by atoms with van der Waals surface area (Å²) in [5, 5.41) is 0. The van der Waals surface area contributed by atoms with Gasteiger partial charge in [-0.15, -0.1) is 0 Å². The number of hydrogen-bond donors (Lipinski definition) is 0. The zero-order chi connectivity index (χ0) is 35.9. The van der Waals surface area contributed by atoms with Crippen molar-refractivity contribution in [3.05, 3.63) is 106 Å². The third kappa shape index (κ3) is 9.46. The van der Waals surface area contributed by atoms with Crippen molar-refractivity contribution in [2.75, 3.05) is 64.4 Å². The molecule has 4 rings (SSSR count). The molecule has 0 spiro atoms. The number of ether oxygens (including phenoxy) is 4. The van der Waals surface area contributed by atoms with Crippen molar-refractivity contribution < 1.29 is 18.9 Å². The van der Waals surface area contributed by atoms with Crippen LogP contribution in [0.4, 0.5) is 11.4 Å². The van der Waals surface area contributed by atoms with E-state index in [-0.39, 0.29) is 0 Å². The SMILES string of the molecule is CCN(CC)c1ccc(/C=C/c2cc(OC)c(C#CC#Cc3cc(OC)c(/C=C/c4ccc(N(CC)CC)cc4)cc3OC)cc2OC)cc1. The average molecular weight is 669 g/mol. The predicted octanol–water partition coefficient (Wildman–Crippen LogP) is 9.16. The number of rotatable bonds is 14. The smallest absolute Gasteiger partial charge is 0.135 e. The summed E-state index contributed by atoms with van der Waals surface area (Å²) in [5.41, 5.74) is 7.74. The van der Waals surface area contributed by atoms with Gasteiger partial charge >= 0.3 is 0 Å². The van der Waals surface area contributed by atoms with Crippen molar-refractivity contribution in [2.24, 2.45) is 0 Å². The van der Waals surface area contributed by atoms with Crippen molar-refractivity contribution >= 4 is 35.7 Å². The van der Waals surface area contributed by atoms with Crippen LogP contribution >= 0.6 is 0 Å². The van der Waals surface area contributed by atoms with Gasteiger partial charge in [-0.3, -0.25) is 0 Å². The van der Waals surface area contributed by atoms with Crippen LogP contribution in [0.2, 0.25) is 0 Å². The molecule has 0 N–H and O–H groups in total. The summed E-state index contributed by atoms with van der Waals surface area (Å²) < 4.78 is 22.8. The lowest BCUT2D eigenvalue weighted by molar-refractivity contribution is 0.401. The van der Waals surface area contributed by atoms with Crippen LogP contribution in [-0.4, -0.2) is 54.6 Å². The van der Waals surface area contributed by atoms with Gasteiger partial charge in [-0.2, -0.15) is 0 Å². The molecule has 258 valence electrons. The van der Waals surface area contributed by atoms with Crippen LogP contribution in [0.1, 0.15) is 61.1 Å². The van der Waals surface area contributed by atoms with Gasteiger partial charge in [0.2, 0.25) is 0 Å². The van der Waals surface area contributed by atoms with Crippen LogP contribution in [0, 0.1) is 23.7 Å². The molecule has 0 saturated heterocycles. The van der Waals surface area contributed by atoms with Crippen molar-refractivity contribution in [3.8, 4) is 46.7 Å². The normalized spacial score (nSPS) is 10.6. The number of benzene rings is 4. The zero-order valence-electron chi connectivity index (χ0n) is 30.6. The van der Waals surface area contributed by atoms with Crippen LogP contribution < -0.4 is 28.7 Å². The van der Waals surface area contributed by atoms with Gasteiger partial charge in [0.1, 0.15) is 23.0 Å². The molecular formula is C44H48N2O4. The van der Waals surface area contributed by atoms with Crippen molar-refractivity contribution in [2.45, 2.75) is 27.7 Å². The van der Waals surface area contributed by atoms with Crippen molar-refractivity contribution in [1.82, 2.24) is 0 Å². The van der Waals surface area contributed by atoms with Crippen molar-refractivity contribution in [3.63, 3.8) is 0 Å². The second kappa shape index (κ2) is 18.7. The Bertz CT molecular complexity index is 1750. The lowest BCUT2D eigenvalue weighted by Crippen LogP contribution is -2.21. The summed E-state index contributed by atoms with van der Waals surface area (Å²) in [5.74, 6) is 14.8. The maximum Gasteiger partial charge on any atom is 0.135 e. The lowest BCUT2D eigenvalue weighted by atomic mass is 10.1. The largest absolute Gasteiger partial charge is 0.496 e. The van der Waals surface area contributed by atoms with E-state index in [9.17, 15) is 0 Å². The highest BCUT2D eigenvalue weighted by Gasteiger charge is 2.10. The fraction of sp³-hybridized carbons (Fsp3) is 0.273. The predicted molar refractivity (Wildman–Crippen MR) is 211 cm³/mol. The van der Waals surface area contributed by atoms with E-state index in [1.807, 2.05) is 36.4 Å². The molecule has 0 heterocycles. The molecule has 0 atom stereocenters. The van der Waals surface area contributed by atoms with Gasteiger partial charge in [-0.25, -0.2) is 0 Å². The maximum atomic E-state index is 5.71. The first kappa shape index (κ1) is 37.1. The van der Waals surface area contributed by atoms with E-state index < -0.39 is 0 Å². The second-order valence-corrected chi connectivity index (χ2v) is 11.3. The maximum absolute atomic E-state index is 5.71. The Hall–Kier alpha value is -5.72. The Labute approximate surface area is 298 Å². The number of anilines is 2. The monoisotopic (exact) mass is 668 g/mol. The summed E-state index contributed by atoms with van der Waals surface area (Å²) in [7, 11) is 6.56. The standard InChI is InChI=1S/C44H48N2O4/c1-9-45(10-2)39-25-19-33(20-26-39)17-23-37-31-41(47-5)35(29-43(37)49-7)15-13-14-16-36-30-44(50-8)38(32-42(36)48-6)24-18-34-21-27-40(28-22-34)46(11-3)12-4/h17-32H,9-12H2,1-8H3/b23-17+,24-18+. The summed E-state index contributed by atoms with van der Waals surface area (Å²) in [6, 6.07) is 24.7. The van der Waals surface area contributed by atoms with E-state index in [1.54, 1.807) is 28.4 Å². The zero-order valence-corrected chi connectivity index (χ0v) is 30.6. The fourth-order valence-corrected chi connectivity index (χ4v) is 5.64. The molecule has 0 aliphatic carbocycles. The number of nitrogens with zero attached hydrogens (tertiary/aromatic N) is 2. The second-order valence-electron chi connectivity index (χ2n) is 11.3. The average Bonchev–Trinajstić information content (AvgIpc) is 3.16. The Balaban J connectivity index is 1.54. The van der Waals surface area contributed by atoms with Gasteiger partial charge in [0, 0.05) is 60.8 Å². The minimum Gasteiger partial charge on any atom is -0.496 e. The molecule has 0 fully saturated rings. The van der Waals surface area contributed by atoms with E-state index in [0.717, 1.165) is 48.4 Å². The van der Waals surface area contributed by atoms with E-state index in [0.29, 0.717) is 34.1 Å². The van der Waals surface area contributed by atoms with Crippen molar-refractivity contribution in [1.29, 1.82) is 0 Å². The molecule has 6 heteroatoms. The summed E-state index contributed by atoms with van der Waals surface area (Å²) in [6.07, 6.45) is 8.17. The van der Waals surface area contributed by atoms with E-state index >= 15 is 0 Å². The van der Waals surface area contributed by atoms with Crippen LogP contribution in [0.3, 0.4) is 0 Å². The highest BCUT2D eigenvalue weighted by Crippen LogP contribution is 2.31. The molecule has 4 aromatic carbocycles. The highest BCUT2D eigenvalue weighted by molar-refractivity contribution is 5.77. The minimum absolute atomic E-state index is 0.634. The molecule has 0 aliphatic rings. The summed E-state index contributed by atoms with van der Waals surface area (Å²) in [4.78, 5) is 4.64. The molecular weight excluding hydrogens is 620 g/mol. The quantitative estimate of drug-likeness (QED) is 0.0987. The van der Waals surface area contributed by atoms with Crippen LogP contribution in [0.15, 0.2) is 72.8 Å². The third-order valence-electron chi connectivity index (χ3n) is 8.51. The topological polar surface area (TPSA) is 43.4 Å². The van der Waals surface area contributed by atoms with Gasteiger partial charge < -0.3 is 28.7 Å². The molecule has 4 aromatic rings. The molecule has 0 aliphatic heterocycles. The molecule has 6 nitrogen and oxygen atoms in total.